The maximum absolute atomic E-state index is 13.4. The number of carbonyl (C=O) groups is 1. The smallest absolute Gasteiger partial charge is 0.346 e. The van der Waals surface area contributed by atoms with Crippen LogP contribution in [0.3, 0.4) is 0 Å². The van der Waals surface area contributed by atoms with Gasteiger partial charge < -0.3 is 14.4 Å². The van der Waals surface area contributed by atoms with Crippen molar-refractivity contribution < 1.29 is 18.7 Å². The number of hydrogen-bond acceptors (Lipinski definition) is 5. The van der Waals surface area contributed by atoms with Crippen molar-refractivity contribution >= 4 is 39.8 Å². The predicted octanol–water partition coefficient (Wildman–Crippen LogP) is 4.74. The summed E-state index contributed by atoms with van der Waals surface area (Å²) in [7, 11) is 3.16. The van der Waals surface area contributed by atoms with Crippen molar-refractivity contribution in [2.75, 3.05) is 19.1 Å². The molecule has 0 aliphatic carbocycles. The summed E-state index contributed by atoms with van der Waals surface area (Å²) in [5.41, 5.74) is 0.845. The maximum Gasteiger partial charge on any atom is 0.346 e. The number of benzene rings is 2. The van der Waals surface area contributed by atoms with Gasteiger partial charge in [0.1, 0.15) is 22.5 Å². The highest BCUT2D eigenvalue weighted by atomic mass is 35.5. The Morgan fingerprint density at radius 3 is 2.56 bits per heavy atom. The third kappa shape index (κ3) is 4.11. The van der Waals surface area contributed by atoms with Crippen LogP contribution in [0.25, 0.3) is 10.8 Å². The number of nitrogens with zero attached hydrogens (tertiary/aromatic N) is 2. The molecule has 1 unspecified atom stereocenters. The Morgan fingerprint density at radius 2 is 1.89 bits per heavy atom. The van der Waals surface area contributed by atoms with Crippen molar-refractivity contribution in [3.8, 4) is 5.75 Å². The van der Waals surface area contributed by atoms with Crippen LogP contribution in [0.5, 0.6) is 5.75 Å². The largest absolute Gasteiger partial charge is 0.479 e. The number of fused-ring (bicyclic) bond motifs is 1. The molecule has 0 saturated carbocycles. The minimum absolute atomic E-state index is 0.237. The Labute approximate surface area is 161 Å². The molecule has 0 bridgehead atoms. The molecule has 1 atom stereocenters. The maximum atomic E-state index is 13.4. The first kappa shape index (κ1) is 18.9. The molecule has 0 amide bonds. The summed E-state index contributed by atoms with van der Waals surface area (Å²) < 4.78 is 23.6. The number of ether oxygens (including phenoxy) is 2. The van der Waals surface area contributed by atoms with Gasteiger partial charge in [-0.15, -0.1) is 0 Å². The number of esters is 1. The summed E-state index contributed by atoms with van der Waals surface area (Å²) in [6.45, 7) is 1.62. The van der Waals surface area contributed by atoms with Gasteiger partial charge in [-0.05, 0) is 54.8 Å². The molecular formula is C20H18ClFN2O3. The van der Waals surface area contributed by atoms with Gasteiger partial charge in [-0.25, -0.2) is 14.2 Å². The number of hydrogen-bond donors (Lipinski definition) is 0. The van der Waals surface area contributed by atoms with Gasteiger partial charge in [0, 0.05) is 18.1 Å². The third-order valence-corrected chi connectivity index (χ3v) is 4.44. The molecule has 7 heteroatoms. The van der Waals surface area contributed by atoms with Crippen LogP contribution in [-0.2, 0) is 9.53 Å². The van der Waals surface area contributed by atoms with E-state index in [2.05, 4.69) is 9.72 Å². The molecule has 0 aliphatic rings. The van der Waals surface area contributed by atoms with Gasteiger partial charge >= 0.3 is 5.97 Å². The van der Waals surface area contributed by atoms with Crippen LogP contribution >= 0.6 is 11.6 Å². The number of halogens is 2. The Balaban J connectivity index is 1.83. The highest BCUT2D eigenvalue weighted by Crippen LogP contribution is 2.30. The van der Waals surface area contributed by atoms with E-state index in [0.717, 1.165) is 11.1 Å². The number of pyridine rings is 1. The van der Waals surface area contributed by atoms with Crippen LogP contribution in [0.1, 0.15) is 6.92 Å². The van der Waals surface area contributed by atoms with E-state index in [1.54, 1.807) is 25.1 Å². The summed E-state index contributed by atoms with van der Waals surface area (Å²) in [5, 5.41) is 1.60. The molecule has 2 aromatic carbocycles. The van der Waals surface area contributed by atoms with E-state index in [1.165, 1.54) is 19.2 Å². The second kappa shape index (κ2) is 7.80. The van der Waals surface area contributed by atoms with Gasteiger partial charge in [0.05, 0.1) is 7.11 Å². The Kier molecular flexibility index (Phi) is 5.46. The zero-order valence-electron chi connectivity index (χ0n) is 15.1. The van der Waals surface area contributed by atoms with Crippen LogP contribution in [0.2, 0.25) is 5.15 Å². The molecule has 0 radical (unpaired) electrons. The summed E-state index contributed by atoms with van der Waals surface area (Å²) >= 11 is 6.22. The molecule has 1 aromatic heterocycles. The van der Waals surface area contributed by atoms with Crippen molar-refractivity contribution in [2.24, 2.45) is 0 Å². The van der Waals surface area contributed by atoms with E-state index >= 15 is 0 Å². The number of aromatic nitrogens is 1. The second-order valence-electron chi connectivity index (χ2n) is 5.97. The topological polar surface area (TPSA) is 51.7 Å². The second-order valence-corrected chi connectivity index (χ2v) is 6.33. The fourth-order valence-electron chi connectivity index (χ4n) is 2.64. The Bertz CT molecular complexity index is 979. The molecule has 0 fully saturated rings. The van der Waals surface area contributed by atoms with E-state index in [0.29, 0.717) is 17.0 Å². The molecule has 5 nitrogen and oxygen atoms in total. The summed E-state index contributed by atoms with van der Waals surface area (Å²) in [6, 6.07) is 13.4. The van der Waals surface area contributed by atoms with Crippen molar-refractivity contribution in [2.45, 2.75) is 13.0 Å². The van der Waals surface area contributed by atoms with E-state index < -0.39 is 12.1 Å². The predicted molar refractivity (Wildman–Crippen MR) is 103 cm³/mol. The molecule has 0 spiro atoms. The highest BCUT2D eigenvalue weighted by molar-refractivity contribution is 6.34. The quantitative estimate of drug-likeness (QED) is 0.467. The normalized spacial score (nSPS) is 11.9. The molecule has 1 heterocycles. The average Bonchev–Trinajstić information content (AvgIpc) is 2.67. The van der Waals surface area contributed by atoms with Crippen molar-refractivity contribution in [3.63, 3.8) is 0 Å². The van der Waals surface area contributed by atoms with Gasteiger partial charge in [0.15, 0.2) is 6.10 Å². The van der Waals surface area contributed by atoms with E-state index in [1.807, 2.05) is 30.1 Å². The van der Waals surface area contributed by atoms with Crippen LogP contribution in [0.4, 0.5) is 15.9 Å². The van der Waals surface area contributed by atoms with Gasteiger partial charge in [0.25, 0.3) is 0 Å². The summed E-state index contributed by atoms with van der Waals surface area (Å²) in [6.07, 6.45) is -0.695. The summed E-state index contributed by atoms with van der Waals surface area (Å²) in [5.74, 6) is 0.368. The highest BCUT2D eigenvalue weighted by Gasteiger charge is 2.15. The SMILES string of the molecule is COC(=O)C(C)Oc1ccc(N(C)c2cc3ccc(F)cc3c(Cl)n2)cc1. The minimum atomic E-state index is -0.695. The van der Waals surface area contributed by atoms with E-state index in [9.17, 15) is 9.18 Å². The number of anilines is 2. The Morgan fingerprint density at radius 1 is 1.19 bits per heavy atom. The van der Waals surface area contributed by atoms with Crippen molar-refractivity contribution in [3.05, 3.63) is 59.5 Å². The third-order valence-electron chi connectivity index (χ3n) is 4.15. The number of carbonyl (C=O) groups excluding carboxylic acids is 1. The molecular weight excluding hydrogens is 371 g/mol. The van der Waals surface area contributed by atoms with Crippen LogP contribution < -0.4 is 9.64 Å². The van der Waals surface area contributed by atoms with Crippen LogP contribution in [-0.4, -0.2) is 31.2 Å². The van der Waals surface area contributed by atoms with E-state index in [4.69, 9.17) is 16.3 Å². The van der Waals surface area contributed by atoms with E-state index in [-0.39, 0.29) is 11.0 Å². The standard InChI is InChI=1S/C20H18ClFN2O3/c1-12(20(25)26-3)27-16-8-6-15(7-9-16)24(2)18-10-13-4-5-14(22)11-17(13)19(21)23-18/h4-12H,1-3H3. The average molecular weight is 389 g/mol. The first-order chi connectivity index (χ1) is 12.9. The monoisotopic (exact) mass is 388 g/mol. The molecule has 0 N–H and O–H groups in total. The molecule has 3 rings (SSSR count). The fraction of sp³-hybridized carbons (Fsp3) is 0.200. The first-order valence-electron chi connectivity index (χ1n) is 8.23. The minimum Gasteiger partial charge on any atom is -0.479 e. The lowest BCUT2D eigenvalue weighted by Crippen LogP contribution is -2.24. The first-order valence-corrected chi connectivity index (χ1v) is 8.61. The number of methoxy groups -OCH3 is 1. The lowest BCUT2D eigenvalue weighted by atomic mass is 10.1. The Hall–Kier alpha value is -2.86. The van der Waals surface area contributed by atoms with Gasteiger partial charge in [-0.3, -0.25) is 0 Å². The lowest BCUT2D eigenvalue weighted by molar-refractivity contribution is -0.147. The van der Waals surface area contributed by atoms with Gasteiger partial charge in [0.2, 0.25) is 0 Å². The molecule has 140 valence electrons. The molecule has 0 saturated heterocycles. The molecule has 0 aliphatic heterocycles. The van der Waals surface area contributed by atoms with Crippen LogP contribution in [0, 0.1) is 5.82 Å². The molecule has 3 aromatic rings. The van der Waals surface area contributed by atoms with Crippen molar-refractivity contribution in [1.29, 1.82) is 0 Å². The summed E-state index contributed by atoms with van der Waals surface area (Å²) in [4.78, 5) is 17.6. The van der Waals surface area contributed by atoms with Gasteiger partial charge in [-0.1, -0.05) is 17.7 Å². The zero-order chi connectivity index (χ0) is 19.6. The zero-order valence-corrected chi connectivity index (χ0v) is 15.8. The lowest BCUT2D eigenvalue weighted by Gasteiger charge is -2.20. The van der Waals surface area contributed by atoms with Crippen LogP contribution in [0.15, 0.2) is 48.5 Å². The van der Waals surface area contributed by atoms with Crippen molar-refractivity contribution in [1.82, 2.24) is 4.98 Å². The van der Waals surface area contributed by atoms with Gasteiger partial charge in [-0.2, -0.15) is 0 Å². The molecule has 27 heavy (non-hydrogen) atoms. The number of rotatable bonds is 5. The fourth-order valence-corrected chi connectivity index (χ4v) is 2.89.